The average Bonchev–Trinajstić information content (AvgIpc) is 2.69. The van der Waals surface area contributed by atoms with Crippen molar-refractivity contribution >= 4 is 29.1 Å². The first-order valence-corrected chi connectivity index (χ1v) is 8.91. The number of rotatable bonds is 7. The lowest BCUT2D eigenvalue weighted by atomic mass is 10.1. The van der Waals surface area contributed by atoms with Gasteiger partial charge in [0.25, 0.3) is 0 Å². The van der Waals surface area contributed by atoms with Gasteiger partial charge in [0, 0.05) is 11.9 Å². The Morgan fingerprint density at radius 3 is 2.52 bits per heavy atom. The molecule has 1 heterocycles. The number of hydrogen-bond donors (Lipinski definition) is 2. The molecular weight excluding hydrogens is 340 g/mol. The van der Waals surface area contributed by atoms with Crippen LogP contribution in [0.25, 0.3) is 0 Å². The number of nitrogens with zero attached hydrogens (tertiary/aromatic N) is 2. The standard InChI is InChI=1S/C21H22N4O2/c1-3-15-9-11-16(12-10-15)23-21-22-14-13-19(25-21)24-18-8-6-5-7-17(18)20(26)27-4-2/h5-14H,3-4H2,1-2H3,(H2,22,23,24,25). The van der Waals surface area contributed by atoms with Crippen LogP contribution in [0.1, 0.15) is 29.8 Å². The number of benzene rings is 2. The Bertz CT molecular complexity index is 910. The SMILES string of the molecule is CCOC(=O)c1ccccc1Nc1ccnc(Nc2ccc(CC)cc2)n1. The van der Waals surface area contributed by atoms with E-state index in [0.717, 1.165) is 12.1 Å². The second kappa shape index (κ2) is 8.80. The van der Waals surface area contributed by atoms with Crippen molar-refractivity contribution in [3.8, 4) is 0 Å². The summed E-state index contributed by atoms with van der Waals surface area (Å²) in [6.07, 6.45) is 2.65. The molecule has 0 bridgehead atoms. The summed E-state index contributed by atoms with van der Waals surface area (Å²) >= 11 is 0. The van der Waals surface area contributed by atoms with Crippen molar-refractivity contribution < 1.29 is 9.53 Å². The fourth-order valence-electron chi connectivity index (χ4n) is 2.56. The summed E-state index contributed by atoms with van der Waals surface area (Å²) in [6.45, 7) is 4.23. The van der Waals surface area contributed by atoms with Gasteiger partial charge in [-0.25, -0.2) is 9.78 Å². The number of carbonyl (C=O) groups is 1. The lowest BCUT2D eigenvalue weighted by Gasteiger charge is -2.12. The van der Waals surface area contributed by atoms with Crippen molar-refractivity contribution in [2.24, 2.45) is 0 Å². The lowest BCUT2D eigenvalue weighted by molar-refractivity contribution is 0.0527. The first-order valence-electron chi connectivity index (χ1n) is 8.91. The number of aryl methyl sites for hydroxylation is 1. The van der Waals surface area contributed by atoms with Crippen LogP contribution in [0.15, 0.2) is 60.8 Å². The third kappa shape index (κ3) is 4.82. The van der Waals surface area contributed by atoms with Crippen molar-refractivity contribution in [3.63, 3.8) is 0 Å². The van der Waals surface area contributed by atoms with E-state index < -0.39 is 0 Å². The Kier molecular flexibility index (Phi) is 5.99. The van der Waals surface area contributed by atoms with Crippen LogP contribution >= 0.6 is 0 Å². The Labute approximate surface area is 158 Å². The first-order chi connectivity index (χ1) is 13.2. The molecule has 0 spiro atoms. The second-order valence-electron chi connectivity index (χ2n) is 5.83. The van der Waals surface area contributed by atoms with Crippen LogP contribution in [0.5, 0.6) is 0 Å². The van der Waals surface area contributed by atoms with E-state index in [-0.39, 0.29) is 5.97 Å². The van der Waals surface area contributed by atoms with E-state index in [0.29, 0.717) is 29.6 Å². The maximum absolute atomic E-state index is 12.1. The van der Waals surface area contributed by atoms with Crippen LogP contribution in [-0.2, 0) is 11.2 Å². The van der Waals surface area contributed by atoms with Crippen LogP contribution in [0.2, 0.25) is 0 Å². The van der Waals surface area contributed by atoms with Crippen LogP contribution in [0.4, 0.5) is 23.1 Å². The summed E-state index contributed by atoms with van der Waals surface area (Å²) in [5.74, 6) is 0.677. The Hall–Kier alpha value is -3.41. The molecule has 0 unspecified atom stereocenters. The molecule has 3 rings (SSSR count). The first kappa shape index (κ1) is 18.4. The van der Waals surface area contributed by atoms with Crippen molar-refractivity contribution in [3.05, 3.63) is 71.9 Å². The minimum Gasteiger partial charge on any atom is -0.462 e. The van der Waals surface area contributed by atoms with E-state index in [4.69, 9.17) is 4.74 Å². The normalized spacial score (nSPS) is 10.3. The zero-order chi connectivity index (χ0) is 19.1. The van der Waals surface area contributed by atoms with Gasteiger partial charge in [0.1, 0.15) is 5.82 Å². The molecule has 1 aromatic heterocycles. The molecule has 6 nitrogen and oxygen atoms in total. The van der Waals surface area contributed by atoms with Crippen LogP contribution in [0, 0.1) is 0 Å². The molecule has 27 heavy (non-hydrogen) atoms. The van der Waals surface area contributed by atoms with Crippen LogP contribution in [0.3, 0.4) is 0 Å². The van der Waals surface area contributed by atoms with Crippen molar-refractivity contribution in [2.75, 3.05) is 17.2 Å². The number of esters is 1. The van der Waals surface area contributed by atoms with E-state index in [1.807, 2.05) is 24.3 Å². The molecule has 6 heteroatoms. The largest absolute Gasteiger partial charge is 0.462 e. The number of hydrogen-bond acceptors (Lipinski definition) is 6. The highest BCUT2D eigenvalue weighted by molar-refractivity contribution is 5.96. The molecule has 0 fully saturated rings. The zero-order valence-electron chi connectivity index (χ0n) is 15.4. The molecular formula is C21H22N4O2. The summed E-state index contributed by atoms with van der Waals surface area (Å²) in [5, 5.41) is 6.35. The van der Waals surface area contributed by atoms with E-state index in [9.17, 15) is 4.79 Å². The molecule has 2 aromatic carbocycles. The van der Waals surface area contributed by atoms with Crippen LogP contribution in [-0.4, -0.2) is 22.5 Å². The molecule has 0 atom stereocenters. The monoisotopic (exact) mass is 362 g/mol. The summed E-state index contributed by atoms with van der Waals surface area (Å²) in [6, 6.07) is 17.1. The Morgan fingerprint density at radius 1 is 1.00 bits per heavy atom. The fourth-order valence-corrected chi connectivity index (χ4v) is 2.56. The molecule has 0 aliphatic carbocycles. The Morgan fingerprint density at radius 2 is 1.78 bits per heavy atom. The molecule has 0 saturated carbocycles. The lowest BCUT2D eigenvalue weighted by Crippen LogP contribution is -2.08. The molecule has 0 aliphatic heterocycles. The molecule has 138 valence electrons. The number of para-hydroxylation sites is 1. The molecule has 0 aliphatic rings. The Balaban J connectivity index is 1.77. The maximum atomic E-state index is 12.1. The molecule has 0 amide bonds. The molecule has 0 saturated heterocycles. The summed E-state index contributed by atoms with van der Waals surface area (Å²) < 4.78 is 5.10. The quantitative estimate of drug-likeness (QED) is 0.593. The van der Waals surface area contributed by atoms with Gasteiger partial charge >= 0.3 is 5.97 Å². The minimum atomic E-state index is -0.371. The topological polar surface area (TPSA) is 76.1 Å². The molecule has 0 radical (unpaired) electrons. The van der Waals surface area contributed by atoms with Gasteiger partial charge in [-0.2, -0.15) is 4.98 Å². The second-order valence-corrected chi connectivity index (χ2v) is 5.83. The smallest absolute Gasteiger partial charge is 0.340 e. The third-order valence-electron chi connectivity index (χ3n) is 3.96. The number of ether oxygens (including phenoxy) is 1. The number of anilines is 4. The van der Waals surface area contributed by atoms with E-state index in [2.05, 4.69) is 39.7 Å². The van der Waals surface area contributed by atoms with Gasteiger partial charge in [-0.15, -0.1) is 0 Å². The van der Waals surface area contributed by atoms with Gasteiger partial charge < -0.3 is 15.4 Å². The van der Waals surface area contributed by atoms with Gasteiger partial charge in [-0.3, -0.25) is 0 Å². The van der Waals surface area contributed by atoms with E-state index in [1.165, 1.54) is 5.56 Å². The summed E-state index contributed by atoms with van der Waals surface area (Å²) in [4.78, 5) is 20.8. The summed E-state index contributed by atoms with van der Waals surface area (Å²) in [5.41, 5.74) is 3.28. The highest BCUT2D eigenvalue weighted by atomic mass is 16.5. The van der Waals surface area contributed by atoms with Crippen molar-refractivity contribution in [2.45, 2.75) is 20.3 Å². The van der Waals surface area contributed by atoms with Crippen molar-refractivity contribution in [1.29, 1.82) is 0 Å². The predicted octanol–water partition coefficient (Wildman–Crippen LogP) is 4.70. The minimum absolute atomic E-state index is 0.325. The van der Waals surface area contributed by atoms with Crippen LogP contribution < -0.4 is 10.6 Å². The number of carbonyl (C=O) groups excluding carboxylic acids is 1. The number of aromatic nitrogens is 2. The van der Waals surface area contributed by atoms with E-state index in [1.54, 1.807) is 31.3 Å². The fraction of sp³-hybridized carbons (Fsp3) is 0.190. The van der Waals surface area contributed by atoms with E-state index >= 15 is 0 Å². The van der Waals surface area contributed by atoms with Crippen molar-refractivity contribution in [1.82, 2.24) is 9.97 Å². The highest BCUT2D eigenvalue weighted by Crippen LogP contribution is 2.22. The zero-order valence-corrected chi connectivity index (χ0v) is 15.4. The number of nitrogens with one attached hydrogen (secondary N) is 2. The van der Waals surface area contributed by atoms with Gasteiger partial charge in [0.15, 0.2) is 0 Å². The van der Waals surface area contributed by atoms with Gasteiger partial charge in [-0.1, -0.05) is 31.2 Å². The van der Waals surface area contributed by atoms with Gasteiger partial charge in [0.2, 0.25) is 5.95 Å². The average molecular weight is 362 g/mol. The molecule has 2 N–H and O–H groups in total. The maximum Gasteiger partial charge on any atom is 0.340 e. The van der Waals surface area contributed by atoms with Gasteiger partial charge in [0.05, 0.1) is 17.9 Å². The van der Waals surface area contributed by atoms with Gasteiger partial charge in [-0.05, 0) is 49.2 Å². The highest BCUT2D eigenvalue weighted by Gasteiger charge is 2.12. The molecule has 3 aromatic rings. The summed E-state index contributed by atoms with van der Waals surface area (Å²) in [7, 11) is 0. The third-order valence-corrected chi connectivity index (χ3v) is 3.96. The predicted molar refractivity (Wildman–Crippen MR) is 107 cm³/mol.